The highest BCUT2D eigenvalue weighted by molar-refractivity contribution is 7.45. The lowest BCUT2D eigenvalue weighted by Gasteiger charge is -2.06. The normalized spacial score (nSPS) is 11.6. The van der Waals surface area contributed by atoms with E-state index in [1.54, 1.807) is 0 Å². The molecule has 0 aliphatic rings. The van der Waals surface area contributed by atoms with Gasteiger partial charge in [0.2, 0.25) is 0 Å². The molecule has 280 valence electrons. The number of hydrogen-bond acceptors (Lipinski definition) is 2. The van der Waals surface area contributed by atoms with Crippen LogP contribution in [0.25, 0.3) is 0 Å². The van der Waals surface area contributed by atoms with Crippen LogP contribution in [0.5, 0.6) is 0 Å². The minimum atomic E-state index is -4.64. The maximum Gasteiger partial charge on any atom is 0.466 e. The van der Waals surface area contributed by atoms with Crippen molar-refractivity contribution in [3.05, 3.63) is 0 Å². The SMILES string of the molecule is CCCCCCCCCCCCCCCCCCCCOCCCCCCCCCCCCCCCCCCCC.O=P(O)(O)O. The van der Waals surface area contributed by atoms with Gasteiger partial charge in [-0.15, -0.1) is 0 Å². The molecule has 0 aromatic heterocycles. The van der Waals surface area contributed by atoms with E-state index in [2.05, 4.69) is 13.8 Å². The highest BCUT2D eigenvalue weighted by Gasteiger charge is 2.00. The van der Waals surface area contributed by atoms with Gasteiger partial charge in [-0.2, -0.15) is 0 Å². The van der Waals surface area contributed by atoms with Crippen molar-refractivity contribution in [3.63, 3.8) is 0 Å². The van der Waals surface area contributed by atoms with E-state index in [-0.39, 0.29) is 0 Å². The van der Waals surface area contributed by atoms with Gasteiger partial charge < -0.3 is 19.4 Å². The quantitative estimate of drug-likeness (QED) is 0.0447. The molecule has 0 unspecified atom stereocenters. The van der Waals surface area contributed by atoms with Crippen LogP contribution < -0.4 is 0 Å². The molecular formula is C40H85O5P. The molecule has 0 rings (SSSR count). The first-order valence-electron chi connectivity index (χ1n) is 20.8. The van der Waals surface area contributed by atoms with Gasteiger partial charge in [-0.05, 0) is 12.8 Å². The Bertz CT molecular complexity index is 522. The summed E-state index contributed by atoms with van der Waals surface area (Å²) in [6.45, 7) is 6.61. The summed E-state index contributed by atoms with van der Waals surface area (Å²) in [5, 5.41) is 0. The molecule has 0 fully saturated rings. The average Bonchev–Trinajstić information content (AvgIpc) is 3.02. The summed E-state index contributed by atoms with van der Waals surface area (Å²) in [5.74, 6) is 0. The van der Waals surface area contributed by atoms with Crippen molar-refractivity contribution in [1.29, 1.82) is 0 Å². The van der Waals surface area contributed by atoms with Gasteiger partial charge in [0.05, 0.1) is 0 Å². The van der Waals surface area contributed by atoms with Gasteiger partial charge in [0.25, 0.3) is 0 Å². The maximum absolute atomic E-state index is 8.88. The van der Waals surface area contributed by atoms with Crippen molar-refractivity contribution >= 4 is 7.82 Å². The fourth-order valence-corrected chi connectivity index (χ4v) is 6.31. The smallest absolute Gasteiger partial charge is 0.381 e. The van der Waals surface area contributed by atoms with Crippen molar-refractivity contribution in [3.8, 4) is 0 Å². The molecule has 0 aliphatic carbocycles. The van der Waals surface area contributed by atoms with Gasteiger partial charge in [-0.25, -0.2) is 4.57 Å². The lowest BCUT2D eigenvalue weighted by atomic mass is 10.0. The van der Waals surface area contributed by atoms with Crippen molar-refractivity contribution in [1.82, 2.24) is 0 Å². The zero-order chi connectivity index (χ0) is 34.1. The van der Waals surface area contributed by atoms with Crippen LogP contribution in [-0.4, -0.2) is 27.9 Å². The third kappa shape index (κ3) is 56.4. The molecule has 5 nitrogen and oxygen atoms in total. The van der Waals surface area contributed by atoms with E-state index in [1.165, 1.54) is 231 Å². The van der Waals surface area contributed by atoms with Gasteiger partial charge in [-0.3, -0.25) is 0 Å². The molecule has 3 N–H and O–H groups in total. The Hall–Kier alpha value is 0.0700. The predicted octanol–water partition coefficient (Wildman–Crippen LogP) is 14.2. The molecule has 0 aliphatic heterocycles. The van der Waals surface area contributed by atoms with Gasteiger partial charge in [-0.1, -0.05) is 232 Å². The van der Waals surface area contributed by atoms with Crippen LogP contribution in [0.4, 0.5) is 0 Å². The van der Waals surface area contributed by atoms with Gasteiger partial charge >= 0.3 is 7.82 Å². The van der Waals surface area contributed by atoms with E-state index in [9.17, 15) is 0 Å². The summed E-state index contributed by atoms with van der Waals surface area (Å²) in [5.41, 5.74) is 0. The molecule has 0 saturated heterocycles. The minimum Gasteiger partial charge on any atom is -0.381 e. The number of hydrogen-bond donors (Lipinski definition) is 3. The highest BCUT2D eigenvalue weighted by Crippen LogP contribution is 2.25. The first-order valence-corrected chi connectivity index (χ1v) is 22.3. The summed E-state index contributed by atoms with van der Waals surface area (Å²) in [4.78, 5) is 21.6. The van der Waals surface area contributed by atoms with Crippen LogP contribution >= 0.6 is 7.82 Å². The zero-order valence-electron chi connectivity index (χ0n) is 31.5. The van der Waals surface area contributed by atoms with Crippen LogP contribution in [0, 0.1) is 0 Å². The standard InChI is InChI=1S/C40H82O.H3O4P/c1-3-5-7-9-11-13-15-17-19-21-23-25-27-29-31-33-35-37-39-41-40-38-36-34-32-30-28-26-24-22-20-18-16-14-12-10-8-6-4-2;1-5(2,3)4/h3-40H2,1-2H3;(H3,1,2,3,4). The maximum atomic E-state index is 8.88. The molecule has 0 radical (unpaired) electrons. The molecule has 0 amide bonds. The number of phosphoric acid groups is 1. The molecule has 0 atom stereocenters. The Morgan fingerprint density at radius 2 is 0.435 bits per heavy atom. The monoisotopic (exact) mass is 677 g/mol. The van der Waals surface area contributed by atoms with Crippen LogP contribution in [0.15, 0.2) is 0 Å². The van der Waals surface area contributed by atoms with Gasteiger partial charge in [0, 0.05) is 13.2 Å². The molecule has 46 heavy (non-hydrogen) atoms. The van der Waals surface area contributed by atoms with Crippen molar-refractivity contribution < 1.29 is 24.0 Å². The van der Waals surface area contributed by atoms with Crippen LogP contribution in [-0.2, 0) is 9.30 Å². The second-order valence-corrected chi connectivity index (χ2v) is 15.2. The largest absolute Gasteiger partial charge is 0.466 e. The number of rotatable bonds is 38. The Balaban J connectivity index is 0. The van der Waals surface area contributed by atoms with E-state index in [1.807, 2.05) is 0 Å². The zero-order valence-corrected chi connectivity index (χ0v) is 32.4. The fourth-order valence-electron chi connectivity index (χ4n) is 6.31. The molecule has 0 heterocycles. The molecule has 0 spiro atoms. The molecule has 0 saturated carbocycles. The van der Waals surface area contributed by atoms with Crippen LogP contribution in [0.2, 0.25) is 0 Å². The Kier molecular flexibility index (Phi) is 45.1. The third-order valence-electron chi connectivity index (χ3n) is 9.28. The average molecular weight is 677 g/mol. The van der Waals surface area contributed by atoms with E-state index < -0.39 is 7.82 Å². The van der Waals surface area contributed by atoms with E-state index >= 15 is 0 Å². The molecule has 0 bridgehead atoms. The van der Waals surface area contributed by atoms with E-state index in [0.29, 0.717) is 0 Å². The lowest BCUT2D eigenvalue weighted by Crippen LogP contribution is -1.97. The van der Waals surface area contributed by atoms with Gasteiger partial charge in [0.15, 0.2) is 0 Å². The number of unbranched alkanes of at least 4 members (excludes halogenated alkanes) is 34. The first kappa shape index (κ1) is 48.2. The second-order valence-electron chi connectivity index (χ2n) is 14.1. The fraction of sp³-hybridized carbons (Fsp3) is 1.00. The molecular weight excluding hydrogens is 591 g/mol. The summed E-state index contributed by atoms with van der Waals surface area (Å²) < 4.78 is 14.8. The Labute approximate surface area is 289 Å². The Morgan fingerprint density at radius 1 is 0.304 bits per heavy atom. The summed E-state index contributed by atoms with van der Waals surface area (Å²) >= 11 is 0. The molecule has 0 aromatic rings. The predicted molar refractivity (Wildman–Crippen MR) is 203 cm³/mol. The summed E-state index contributed by atoms with van der Waals surface area (Å²) in [6, 6.07) is 0. The number of ether oxygens (including phenoxy) is 1. The summed E-state index contributed by atoms with van der Waals surface area (Å²) in [6.07, 6.45) is 52.0. The topological polar surface area (TPSA) is 87.0 Å². The summed E-state index contributed by atoms with van der Waals surface area (Å²) in [7, 11) is -4.64. The Morgan fingerprint density at radius 3 is 0.587 bits per heavy atom. The van der Waals surface area contributed by atoms with E-state index in [0.717, 1.165) is 13.2 Å². The van der Waals surface area contributed by atoms with Crippen molar-refractivity contribution in [2.24, 2.45) is 0 Å². The molecule has 6 heteroatoms. The highest BCUT2D eigenvalue weighted by atomic mass is 31.2. The van der Waals surface area contributed by atoms with Crippen LogP contribution in [0.1, 0.15) is 245 Å². The minimum absolute atomic E-state index is 0.998. The molecule has 0 aromatic carbocycles. The third-order valence-corrected chi connectivity index (χ3v) is 9.28. The van der Waals surface area contributed by atoms with Gasteiger partial charge in [0.1, 0.15) is 0 Å². The van der Waals surface area contributed by atoms with Crippen LogP contribution in [0.3, 0.4) is 0 Å². The first-order chi connectivity index (χ1) is 22.4. The van der Waals surface area contributed by atoms with Crippen molar-refractivity contribution in [2.75, 3.05) is 13.2 Å². The van der Waals surface area contributed by atoms with E-state index in [4.69, 9.17) is 24.0 Å². The lowest BCUT2D eigenvalue weighted by molar-refractivity contribution is 0.125. The van der Waals surface area contributed by atoms with Crippen molar-refractivity contribution in [2.45, 2.75) is 245 Å². The second kappa shape index (κ2) is 43.1.